The Hall–Kier alpha value is -1.81. The highest BCUT2D eigenvalue weighted by Gasteiger charge is 2.21. The van der Waals surface area contributed by atoms with Gasteiger partial charge in [-0.25, -0.2) is 0 Å². The number of rotatable bonds is 6. The Labute approximate surface area is 127 Å². The molecule has 0 spiro atoms. The zero-order chi connectivity index (χ0) is 15.4. The molecule has 0 aliphatic rings. The van der Waals surface area contributed by atoms with Crippen LogP contribution >= 0.6 is 0 Å². The van der Waals surface area contributed by atoms with E-state index in [1.165, 1.54) is 16.8 Å². The standard InChI is InChI=1S/C17H25N3O/c1-6-18-17(16-12(3)19-20(5)13(16)4)14-8-10-15(11-9-14)21-7-2/h8-11,17-18H,6-7H2,1-5H3. The Balaban J connectivity index is 2.38. The molecule has 21 heavy (non-hydrogen) atoms. The molecular weight excluding hydrogens is 262 g/mol. The van der Waals surface area contributed by atoms with Crippen molar-refractivity contribution >= 4 is 0 Å². The molecule has 1 N–H and O–H groups in total. The van der Waals surface area contributed by atoms with Crippen LogP contribution in [0.4, 0.5) is 0 Å². The molecule has 2 rings (SSSR count). The molecule has 4 heteroatoms. The van der Waals surface area contributed by atoms with Gasteiger partial charge in [-0.2, -0.15) is 5.10 Å². The first-order valence-electron chi connectivity index (χ1n) is 7.54. The number of nitrogens with zero attached hydrogens (tertiary/aromatic N) is 2. The van der Waals surface area contributed by atoms with Crippen molar-refractivity contribution in [3.63, 3.8) is 0 Å². The second-order valence-electron chi connectivity index (χ2n) is 5.20. The molecule has 1 aromatic carbocycles. The minimum atomic E-state index is 0.166. The van der Waals surface area contributed by atoms with Crippen molar-refractivity contribution in [1.29, 1.82) is 0 Å². The Kier molecular flexibility index (Phi) is 5.02. The molecule has 4 nitrogen and oxygen atoms in total. The van der Waals surface area contributed by atoms with Gasteiger partial charge in [-0.05, 0) is 45.0 Å². The van der Waals surface area contributed by atoms with E-state index in [0.29, 0.717) is 6.61 Å². The summed E-state index contributed by atoms with van der Waals surface area (Å²) in [6.07, 6.45) is 0. The molecule has 0 saturated heterocycles. The van der Waals surface area contributed by atoms with Gasteiger partial charge in [0, 0.05) is 18.3 Å². The summed E-state index contributed by atoms with van der Waals surface area (Å²) in [7, 11) is 1.99. The largest absolute Gasteiger partial charge is 0.494 e. The monoisotopic (exact) mass is 287 g/mol. The van der Waals surface area contributed by atoms with Crippen LogP contribution in [0.1, 0.15) is 42.4 Å². The fraction of sp³-hybridized carbons (Fsp3) is 0.471. The maximum Gasteiger partial charge on any atom is 0.119 e. The summed E-state index contributed by atoms with van der Waals surface area (Å²) in [5.41, 5.74) is 4.78. The summed E-state index contributed by atoms with van der Waals surface area (Å²) in [4.78, 5) is 0. The summed E-state index contributed by atoms with van der Waals surface area (Å²) in [5, 5.41) is 8.11. The molecule has 0 radical (unpaired) electrons. The predicted molar refractivity (Wildman–Crippen MR) is 85.8 cm³/mol. The highest BCUT2D eigenvalue weighted by Crippen LogP contribution is 2.28. The molecule has 0 amide bonds. The highest BCUT2D eigenvalue weighted by atomic mass is 16.5. The van der Waals surface area contributed by atoms with Crippen molar-refractivity contribution in [2.75, 3.05) is 13.2 Å². The fourth-order valence-corrected chi connectivity index (χ4v) is 2.72. The Morgan fingerprint density at radius 3 is 2.33 bits per heavy atom. The molecule has 1 atom stereocenters. The van der Waals surface area contributed by atoms with Crippen LogP contribution in [0.15, 0.2) is 24.3 Å². The topological polar surface area (TPSA) is 39.1 Å². The van der Waals surface area contributed by atoms with Crippen LogP contribution < -0.4 is 10.1 Å². The van der Waals surface area contributed by atoms with E-state index in [-0.39, 0.29) is 6.04 Å². The maximum absolute atomic E-state index is 5.52. The lowest BCUT2D eigenvalue weighted by Crippen LogP contribution is -2.23. The van der Waals surface area contributed by atoms with Crippen LogP contribution in [0.5, 0.6) is 5.75 Å². The van der Waals surface area contributed by atoms with Gasteiger partial charge in [-0.3, -0.25) is 4.68 Å². The summed E-state index contributed by atoms with van der Waals surface area (Å²) in [6.45, 7) is 9.91. The van der Waals surface area contributed by atoms with Crippen molar-refractivity contribution in [1.82, 2.24) is 15.1 Å². The summed E-state index contributed by atoms with van der Waals surface area (Å²) in [5.74, 6) is 0.913. The van der Waals surface area contributed by atoms with Gasteiger partial charge < -0.3 is 10.1 Å². The van der Waals surface area contributed by atoms with Gasteiger partial charge in [-0.15, -0.1) is 0 Å². The summed E-state index contributed by atoms with van der Waals surface area (Å²) in [6, 6.07) is 8.49. The van der Waals surface area contributed by atoms with Gasteiger partial charge in [0.1, 0.15) is 5.75 Å². The predicted octanol–water partition coefficient (Wildman–Crippen LogP) is 3.13. The van der Waals surface area contributed by atoms with Crippen LogP contribution in [0.25, 0.3) is 0 Å². The number of benzene rings is 1. The number of hydrogen-bond donors (Lipinski definition) is 1. The minimum Gasteiger partial charge on any atom is -0.494 e. The smallest absolute Gasteiger partial charge is 0.119 e. The molecule has 0 fully saturated rings. The first kappa shape index (κ1) is 15.6. The Morgan fingerprint density at radius 2 is 1.86 bits per heavy atom. The molecule has 1 heterocycles. The lowest BCUT2D eigenvalue weighted by atomic mass is 9.97. The van der Waals surface area contributed by atoms with E-state index in [9.17, 15) is 0 Å². The van der Waals surface area contributed by atoms with Gasteiger partial charge >= 0.3 is 0 Å². The third-order valence-electron chi connectivity index (χ3n) is 3.79. The average Bonchev–Trinajstić information content (AvgIpc) is 2.71. The third-order valence-corrected chi connectivity index (χ3v) is 3.79. The van der Waals surface area contributed by atoms with Gasteiger partial charge in [0.05, 0.1) is 18.3 Å². The van der Waals surface area contributed by atoms with Gasteiger partial charge in [0.25, 0.3) is 0 Å². The Morgan fingerprint density at radius 1 is 1.19 bits per heavy atom. The molecule has 1 unspecified atom stereocenters. The second-order valence-corrected chi connectivity index (χ2v) is 5.20. The zero-order valence-electron chi connectivity index (χ0n) is 13.6. The Bertz CT molecular complexity index is 587. The van der Waals surface area contributed by atoms with E-state index in [0.717, 1.165) is 18.0 Å². The quantitative estimate of drug-likeness (QED) is 0.887. The van der Waals surface area contributed by atoms with Crippen LogP contribution in [0.2, 0.25) is 0 Å². The van der Waals surface area contributed by atoms with E-state index >= 15 is 0 Å². The molecule has 2 aromatic rings. The molecule has 114 valence electrons. The lowest BCUT2D eigenvalue weighted by molar-refractivity contribution is 0.340. The summed E-state index contributed by atoms with van der Waals surface area (Å²) < 4.78 is 7.47. The van der Waals surface area contributed by atoms with Crippen molar-refractivity contribution in [3.05, 3.63) is 46.8 Å². The first-order valence-corrected chi connectivity index (χ1v) is 7.54. The van der Waals surface area contributed by atoms with Crippen LogP contribution in [-0.4, -0.2) is 22.9 Å². The minimum absolute atomic E-state index is 0.166. The SMILES string of the molecule is CCNC(c1ccc(OCC)cc1)c1c(C)nn(C)c1C. The lowest BCUT2D eigenvalue weighted by Gasteiger charge is -2.20. The second kappa shape index (κ2) is 6.76. The van der Waals surface area contributed by atoms with E-state index in [4.69, 9.17) is 4.74 Å². The highest BCUT2D eigenvalue weighted by molar-refractivity contribution is 5.39. The zero-order valence-corrected chi connectivity index (χ0v) is 13.6. The van der Waals surface area contributed by atoms with Crippen LogP contribution in [0, 0.1) is 13.8 Å². The van der Waals surface area contributed by atoms with E-state index < -0.39 is 0 Å². The average molecular weight is 287 g/mol. The first-order chi connectivity index (χ1) is 10.1. The fourth-order valence-electron chi connectivity index (χ4n) is 2.72. The molecule has 0 saturated carbocycles. The van der Waals surface area contributed by atoms with Crippen LogP contribution in [-0.2, 0) is 7.05 Å². The van der Waals surface area contributed by atoms with E-state index in [1.807, 2.05) is 30.8 Å². The van der Waals surface area contributed by atoms with Crippen LogP contribution in [0.3, 0.4) is 0 Å². The molecule has 0 aliphatic carbocycles. The molecule has 0 bridgehead atoms. The van der Waals surface area contributed by atoms with Crippen molar-refractivity contribution in [2.24, 2.45) is 7.05 Å². The number of hydrogen-bond acceptors (Lipinski definition) is 3. The third kappa shape index (κ3) is 3.27. The van der Waals surface area contributed by atoms with Gasteiger partial charge in [-0.1, -0.05) is 19.1 Å². The number of aryl methyl sites for hydroxylation is 2. The molecular formula is C17H25N3O. The van der Waals surface area contributed by atoms with E-state index in [1.54, 1.807) is 0 Å². The summed E-state index contributed by atoms with van der Waals surface area (Å²) >= 11 is 0. The number of aromatic nitrogens is 2. The normalized spacial score (nSPS) is 12.4. The number of ether oxygens (including phenoxy) is 1. The van der Waals surface area contributed by atoms with Gasteiger partial charge in [0.2, 0.25) is 0 Å². The number of nitrogens with one attached hydrogen (secondary N) is 1. The molecule has 1 aromatic heterocycles. The maximum atomic E-state index is 5.52. The van der Waals surface area contributed by atoms with Crippen molar-refractivity contribution in [2.45, 2.75) is 33.7 Å². The van der Waals surface area contributed by atoms with E-state index in [2.05, 4.69) is 43.3 Å². The van der Waals surface area contributed by atoms with Crippen molar-refractivity contribution in [3.8, 4) is 5.75 Å². The molecule has 0 aliphatic heterocycles. The van der Waals surface area contributed by atoms with Crippen molar-refractivity contribution < 1.29 is 4.74 Å². The van der Waals surface area contributed by atoms with Gasteiger partial charge in [0.15, 0.2) is 0 Å².